The molecule has 0 bridgehead atoms. The standard InChI is InChI=1S/C14H20N4O/c1-17-8-6-11(10-17)18-13(5-3-9-19)16-12-4-2-7-15-14(12)18/h2,4,7,11,19H,3,5-6,8-10H2,1H3. The topological polar surface area (TPSA) is 54.2 Å². The van der Waals surface area contributed by atoms with Crippen molar-refractivity contribution in [3.05, 3.63) is 24.2 Å². The number of aryl methyl sites for hydroxylation is 1. The minimum atomic E-state index is 0.210. The lowest BCUT2D eigenvalue weighted by molar-refractivity contribution is 0.286. The van der Waals surface area contributed by atoms with E-state index in [0.29, 0.717) is 6.04 Å². The number of aliphatic hydroxyl groups is 1. The molecule has 5 nitrogen and oxygen atoms in total. The van der Waals surface area contributed by atoms with Gasteiger partial charge < -0.3 is 14.6 Å². The summed E-state index contributed by atoms with van der Waals surface area (Å²) >= 11 is 0. The summed E-state index contributed by atoms with van der Waals surface area (Å²) in [5.41, 5.74) is 1.95. The van der Waals surface area contributed by atoms with Crippen LogP contribution in [-0.2, 0) is 6.42 Å². The van der Waals surface area contributed by atoms with Crippen LogP contribution in [-0.4, -0.2) is 51.3 Å². The summed E-state index contributed by atoms with van der Waals surface area (Å²) in [5, 5.41) is 9.04. The largest absolute Gasteiger partial charge is 0.396 e. The average molecular weight is 260 g/mol. The van der Waals surface area contributed by atoms with E-state index in [-0.39, 0.29) is 6.61 Å². The number of likely N-dealkylation sites (tertiary alicyclic amines) is 1. The molecule has 0 aliphatic carbocycles. The van der Waals surface area contributed by atoms with Gasteiger partial charge in [-0.3, -0.25) is 0 Å². The van der Waals surface area contributed by atoms with Crippen LogP contribution in [0.4, 0.5) is 0 Å². The summed E-state index contributed by atoms with van der Waals surface area (Å²) in [7, 11) is 2.15. The van der Waals surface area contributed by atoms with E-state index in [1.807, 2.05) is 18.3 Å². The number of rotatable bonds is 4. The van der Waals surface area contributed by atoms with Crippen molar-refractivity contribution in [1.29, 1.82) is 0 Å². The van der Waals surface area contributed by atoms with Crippen LogP contribution in [0.25, 0.3) is 11.2 Å². The molecule has 1 aliphatic rings. The quantitative estimate of drug-likeness (QED) is 0.898. The smallest absolute Gasteiger partial charge is 0.160 e. The highest BCUT2D eigenvalue weighted by Crippen LogP contribution is 2.26. The van der Waals surface area contributed by atoms with Crippen LogP contribution in [0.2, 0.25) is 0 Å². The van der Waals surface area contributed by atoms with E-state index in [1.165, 1.54) is 0 Å². The molecule has 1 unspecified atom stereocenters. The van der Waals surface area contributed by atoms with Gasteiger partial charge in [0.25, 0.3) is 0 Å². The predicted octanol–water partition coefficient (Wildman–Crippen LogP) is 1.23. The zero-order valence-electron chi connectivity index (χ0n) is 11.3. The normalized spacial score (nSPS) is 20.4. The molecular formula is C14H20N4O. The Bertz CT molecular complexity index is 566. The summed E-state index contributed by atoms with van der Waals surface area (Å²) in [6, 6.07) is 4.40. The molecule has 2 aromatic heterocycles. The van der Waals surface area contributed by atoms with Gasteiger partial charge in [0.2, 0.25) is 0 Å². The third-order valence-corrected chi connectivity index (χ3v) is 3.81. The van der Waals surface area contributed by atoms with E-state index in [1.54, 1.807) is 0 Å². The highest BCUT2D eigenvalue weighted by molar-refractivity contribution is 5.71. The predicted molar refractivity (Wildman–Crippen MR) is 74.1 cm³/mol. The Morgan fingerprint density at radius 3 is 3.11 bits per heavy atom. The Hall–Kier alpha value is -1.46. The molecule has 102 valence electrons. The maximum atomic E-state index is 9.04. The van der Waals surface area contributed by atoms with Crippen molar-refractivity contribution in [3.63, 3.8) is 0 Å². The third kappa shape index (κ3) is 2.35. The lowest BCUT2D eigenvalue weighted by Crippen LogP contribution is -2.18. The number of hydrogen-bond donors (Lipinski definition) is 1. The van der Waals surface area contributed by atoms with Crippen LogP contribution in [0.1, 0.15) is 24.7 Å². The number of aliphatic hydroxyl groups excluding tert-OH is 1. The molecule has 1 N–H and O–H groups in total. The first-order valence-electron chi connectivity index (χ1n) is 6.91. The Kier molecular flexibility index (Phi) is 3.48. The van der Waals surface area contributed by atoms with Gasteiger partial charge in [-0.05, 0) is 38.6 Å². The fourth-order valence-corrected chi connectivity index (χ4v) is 2.90. The molecule has 0 aromatic carbocycles. The molecule has 2 aromatic rings. The second-order valence-corrected chi connectivity index (χ2v) is 5.28. The molecule has 0 spiro atoms. The first-order valence-corrected chi connectivity index (χ1v) is 6.91. The Morgan fingerprint density at radius 2 is 2.37 bits per heavy atom. The van der Waals surface area contributed by atoms with Crippen molar-refractivity contribution in [1.82, 2.24) is 19.4 Å². The second kappa shape index (κ2) is 5.27. The van der Waals surface area contributed by atoms with Gasteiger partial charge in [-0.25, -0.2) is 9.97 Å². The van der Waals surface area contributed by atoms with Gasteiger partial charge in [0, 0.05) is 25.8 Å². The zero-order valence-corrected chi connectivity index (χ0v) is 11.3. The summed E-state index contributed by atoms with van der Waals surface area (Å²) in [6.07, 6.45) is 4.54. The van der Waals surface area contributed by atoms with Gasteiger partial charge in [-0.15, -0.1) is 0 Å². The molecular weight excluding hydrogens is 240 g/mol. The SMILES string of the molecule is CN1CCC(n2c(CCCO)nc3cccnc32)C1. The first-order chi connectivity index (χ1) is 9.29. The molecule has 0 radical (unpaired) electrons. The van der Waals surface area contributed by atoms with Crippen LogP contribution in [0.15, 0.2) is 18.3 Å². The van der Waals surface area contributed by atoms with Gasteiger partial charge in [-0.2, -0.15) is 0 Å². The van der Waals surface area contributed by atoms with Gasteiger partial charge in [0.1, 0.15) is 11.3 Å². The summed E-state index contributed by atoms with van der Waals surface area (Å²) in [5.74, 6) is 1.06. The van der Waals surface area contributed by atoms with Crippen molar-refractivity contribution in [2.75, 3.05) is 26.7 Å². The highest BCUT2D eigenvalue weighted by atomic mass is 16.2. The van der Waals surface area contributed by atoms with Crippen LogP contribution in [0, 0.1) is 0 Å². The molecule has 5 heteroatoms. The van der Waals surface area contributed by atoms with Crippen molar-refractivity contribution >= 4 is 11.2 Å². The Labute approximate surface area is 112 Å². The van der Waals surface area contributed by atoms with E-state index >= 15 is 0 Å². The lowest BCUT2D eigenvalue weighted by atomic mass is 10.2. The van der Waals surface area contributed by atoms with Crippen LogP contribution < -0.4 is 0 Å². The fourth-order valence-electron chi connectivity index (χ4n) is 2.90. The molecule has 1 fully saturated rings. The molecule has 1 atom stereocenters. The number of likely N-dealkylation sites (N-methyl/N-ethyl adjacent to an activating group) is 1. The van der Waals surface area contributed by atoms with Crippen molar-refractivity contribution in [2.24, 2.45) is 0 Å². The number of nitrogens with zero attached hydrogens (tertiary/aromatic N) is 4. The average Bonchev–Trinajstić information content (AvgIpc) is 2.99. The van der Waals surface area contributed by atoms with Crippen molar-refractivity contribution in [2.45, 2.75) is 25.3 Å². The number of aromatic nitrogens is 3. The van der Waals surface area contributed by atoms with E-state index in [4.69, 9.17) is 10.1 Å². The molecule has 0 saturated carbocycles. The molecule has 3 heterocycles. The zero-order chi connectivity index (χ0) is 13.2. The van der Waals surface area contributed by atoms with Crippen LogP contribution in [0.5, 0.6) is 0 Å². The third-order valence-electron chi connectivity index (χ3n) is 3.81. The van der Waals surface area contributed by atoms with Crippen molar-refractivity contribution < 1.29 is 5.11 Å². The lowest BCUT2D eigenvalue weighted by Gasteiger charge is -2.16. The molecule has 1 saturated heterocycles. The van der Waals surface area contributed by atoms with Gasteiger partial charge >= 0.3 is 0 Å². The summed E-state index contributed by atoms with van der Waals surface area (Å²) in [6.45, 7) is 2.38. The Morgan fingerprint density at radius 1 is 1.47 bits per heavy atom. The number of fused-ring (bicyclic) bond motifs is 1. The molecule has 19 heavy (non-hydrogen) atoms. The minimum Gasteiger partial charge on any atom is -0.396 e. The maximum absolute atomic E-state index is 9.04. The van der Waals surface area contributed by atoms with Gasteiger partial charge in [0.15, 0.2) is 5.65 Å². The van der Waals surface area contributed by atoms with E-state index in [9.17, 15) is 0 Å². The Balaban J connectivity index is 2.02. The van der Waals surface area contributed by atoms with Crippen LogP contribution >= 0.6 is 0 Å². The van der Waals surface area contributed by atoms with Gasteiger partial charge in [0.05, 0.1) is 6.04 Å². The number of pyridine rings is 1. The monoisotopic (exact) mass is 260 g/mol. The summed E-state index contributed by atoms with van der Waals surface area (Å²) < 4.78 is 2.29. The summed E-state index contributed by atoms with van der Waals surface area (Å²) in [4.78, 5) is 11.5. The maximum Gasteiger partial charge on any atom is 0.160 e. The highest BCUT2D eigenvalue weighted by Gasteiger charge is 2.25. The van der Waals surface area contributed by atoms with Crippen LogP contribution in [0.3, 0.4) is 0 Å². The number of hydrogen-bond acceptors (Lipinski definition) is 4. The fraction of sp³-hybridized carbons (Fsp3) is 0.571. The van der Waals surface area contributed by atoms with Gasteiger partial charge in [-0.1, -0.05) is 0 Å². The first kappa shape index (κ1) is 12.6. The minimum absolute atomic E-state index is 0.210. The van der Waals surface area contributed by atoms with E-state index in [0.717, 1.165) is 49.3 Å². The molecule has 1 aliphatic heterocycles. The molecule has 3 rings (SSSR count). The van der Waals surface area contributed by atoms with Crippen molar-refractivity contribution in [3.8, 4) is 0 Å². The molecule has 0 amide bonds. The van der Waals surface area contributed by atoms with E-state index in [2.05, 4.69) is 21.5 Å². The van der Waals surface area contributed by atoms with E-state index < -0.39 is 0 Å². The second-order valence-electron chi connectivity index (χ2n) is 5.28. The number of imidazole rings is 1.